The van der Waals surface area contributed by atoms with Crippen LogP contribution in [0.2, 0.25) is 0 Å². The summed E-state index contributed by atoms with van der Waals surface area (Å²) in [6, 6.07) is -0.522. The van der Waals surface area contributed by atoms with Crippen LogP contribution in [-0.4, -0.2) is 32.9 Å². The summed E-state index contributed by atoms with van der Waals surface area (Å²) in [5.74, 6) is -0.135. The van der Waals surface area contributed by atoms with Gasteiger partial charge in [0.15, 0.2) is 0 Å². The van der Waals surface area contributed by atoms with Gasteiger partial charge in [-0.3, -0.25) is 4.57 Å². The van der Waals surface area contributed by atoms with E-state index in [4.69, 9.17) is 16.2 Å². The van der Waals surface area contributed by atoms with Crippen LogP contribution in [0.3, 0.4) is 0 Å². The van der Waals surface area contributed by atoms with E-state index < -0.39 is 24.5 Å². The van der Waals surface area contributed by atoms with Crippen LogP contribution in [0.1, 0.15) is 34.5 Å². The number of rotatable bonds is 2. The third-order valence-corrected chi connectivity index (χ3v) is 4.11. The number of hydrogen-bond donors (Lipinski definition) is 0. The molecule has 3 heterocycles. The van der Waals surface area contributed by atoms with Crippen molar-refractivity contribution in [1.29, 1.82) is 0 Å². The fourth-order valence-electron chi connectivity index (χ4n) is 1.84. The SMILES string of the molecule is [2H]c1nc(-n2c([2H])nc(Br)c2[2H])c([2H])c(B2OC(C)(C)C(C)(C)O2)c1[2H]. The quantitative estimate of drug-likeness (QED) is 0.776. The molecule has 0 spiro atoms. The molecule has 1 saturated heterocycles. The third-order valence-electron chi connectivity index (χ3n) is 3.75. The second kappa shape index (κ2) is 4.93. The molecular formula is C14H17BBrN3O2. The smallest absolute Gasteiger partial charge is 0.399 e. The molecule has 0 bridgehead atoms. The summed E-state index contributed by atoms with van der Waals surface area (Å²) in [5.41, 5.74) is -1.31. The van der Waals surface area contributed by atoms with Crippen molar-refractivity contribution in [3.8, 4) is 5.82 Å². The van der Waals surface area contributed by atoms with Crippen molar-refractivity contribution in [3.05, 3.63) is 35.3 Å². The molecule has 0 saturated carbocycles. The minimum Gasteiger partial charge on any atom is -0.399 e. The van der Waals surface area contributed by atoms with Gasteiger partial charge in [0.2, 0.25) is 0 Å². The average molecular weight is 355 g/mol. The van der Waals surface area contributed by atoms with Gasteiger partial charge in [-0.1, -0.05) is 0 Å². The Labute approximate surface area is 140 Å². The van der Waals surface area contributed by atoms with Crippen molar-refractivity contribution < 1.29 is 16.2 Å². The first kappa shape index (κ1) is 9.76. The van der Waals surface area contributed by atoms with Gasteiger partial charge in [0.1, 0.15) is 18.1 Å². The highest BCUT2D eigenvalue weighted by atomic mass is 79.9. The summed E-state index contributed by atoms with van der Waals surface area (Å²) < 4.78 is 53.6. The summed E-state index contributed by atoms with van der Waals surface area (Å²) in [4.78, 5) is 7.74. The topological polar surface area (TPSA) is 49.2 Å². The number of pyridine rings is 1. The first-order valence-electron chi connectivity index (χ1n) is 8.92. The second-order valence-corrected chi connectivity index (χ2v) is 6.50. The maximum atomic E-state index is 8.49. The minimum atomic E-state index is -1.03. The largest absolute Gasteiger partial charge is 0.495 e. The Hall–Kier alpha value is -1.18. The van der Waals surface area contributed by atoms with Crippen molar-refractivity contribution in [1.82, 2.24) is 14.5 Å². The molecular weight excluding hydrogens is 333 g/mol. The van der Waals surface area contributed by atoms with Gasteiger partial charge in [0, 0.05) is 12.3 Å². The molecule has 0 amide bonds. The van der Waals surface area contributed by atoms with Crippen molar-refractivity contribution in [3.63, 3.8) is 0 Å². The molecule has 1 aliphatic heterocycles. The van der Waals surface area contributed by atoms with Crippen LogP contribution < -0.4 is 5.46 Å². The van der Waals surface area contributed by atoms with Gasteiger partial charge < -0.3 is 9.31 Å². The Morgan fingerprint density at radius 3 is 2.48 bits per heavy atom. The molecule has 0 radical (unpaired) electrons. The van der Waals surface area contributed by atoms with E-state index in [0.29, 0.717) is 0 Å². The first-order valence-corrected chi connectivity index (χ1v) is 7.22. The molecule has 2 aromatic rings. The molecule has 5 nitrogen and oxygen atoms in total. The van der Waals surface area contributed by atoms with Crippen LogP contribution in [0.25, 0.3) is 5.82 Å². The van der Waals surface area contributed by atoms with Crippen LogP contribution in [0.4, 0.5) is 0 Å². The summed E-state index contributed by atoms with van der Waals surface area (Å²) >= 11 is 3.07. The van der Waals surface area contributed by atoms with E-state index in [0.717, 1.165) is 4.57 Å². The molecule has 0 atom stereocenters. The maximum Gasteiger partial charge on any atom is 0.495 e. The Morgan fingerprint density at radius 2 is 1.90 bits per heavy atom. The normalized spacial score (nSPS) is 23.3. The van der Waals surface area contributed by atoms with Crippen molar-refractivity contribution in [2.24, 2.45) is 0 Å². The van der Waals surface area contributed by atoms with Gasteiger partial charge in [-0.05, 0) is 61.2 Å². The lowest BCUT2D eigenvalue weighted by atomic mass is 9.80. The van der Waals surface area contributed by atoms with Crippen molar-refractivity contribution in [2.75, 3.05) is 0 Å². The highest BCUT2D eigenvalue weighted by Crippen LogP contribution is 2.36. The molecule has 0 N–H and O–H groups in total. The zero-order valence-electron chi connectivity index (χ0n) is 17.1. The molecule has 2 aromatic heterocycles. The van der Waals surface area contributed by atoms with Gasteiger partial charge >= 0.3 is 7.12 Å². The van der Waals surface area contributed by atoms with E-state index in [2.05, 4.69) is 25.9 Å². The lowest BCUT2D eigenvalue weighted by Crippen LogP contribution is -2.41. The van der Waals surface area contributed by atoms with E-state index in [1.54, 1.807) is 0 Å². The predicted molar refractivity (Wildman–Crippen MR) is 84.8 cm³/mol. The van der Waals surface area contributed by atoms with Crippen LogP contribution in [0.5, 0.6) is 0 Å². The number of imidazole rings is 1. The maximum absolute atomic E-state index is 8.49. The first-order chi connectivity index (χ1) is 11.9. The molecule has 21 heavy (non-hydrogen) atoms. The Balaban J connectivity index is 2.21. The van der Waals surface area contributed by atoms with Gasteiger partial charge in [-0.2, -0.15) is 0 Å². The third kappa shape index (κ3) is 2.65. The van der Waals surface area contributed by atoms with E-state index in [-0.39, 0.29) is 40.4 Å². The molecule has 1 aliphatic rings. The molecule has 3 rings (SSSR count). The highest BCUT2D eigenvalue weighted by Gasteiger charge is 2.51. The lowest BCUT2D eigenvalue weighted by Gasteiger charge is -2.32. The number of halogens is 1. The van der Waals surface area contributed by atoms with E-state index in [1.807, 2.05) is 27.7 Å². The Bertz CT molecular complexity index is 889. The molecule has 1 fully saturated rings. The minimum absolute atomic E-state index is 0.0438. The molecule has 110 valence electrons. The summed E-state index contributed by atoms with van der Waals surface area (Å²) in [6.45, 7) is 7.39. The van der Waals surface area contributed by atoms with Crippen LogP contribution in [0, 0.1) is 0 Å². The molecule has 0 aromatic carbocycles. The Morgan fingerprint density at radius 1 is 1.24 bits per heavy atom. The van der Waals surface area contributed by atoms with E-state index in [1.165, 1.54) is 0 Å². The second-order valence-electron chi connectivity index (χ2n) is 5.75. The number of aromatic nitrogens is 3. The molecule has 7 heteroatoms. The van der Waals surface area contributed by atoms with Gasteiger partial charge in [0.25, 0.3) is 0 Å². The summed E-state index contributed by atoms with van der Waals surface area (Å²) in [5, 5.41) is 0. The number of hydrogen-bond acceptors (Lipinski definition) is 4. The van der Waals surface area contributed by atoms with Crippen molar-refractivity contribution in [2.45, 2.75) is 38.9 Å². The van der Waals surface area contributed by atoms with Gasteiger partial charge in [-0.25, -0.2) is 9.97 Å². The van der Waals surface area contributed by atoms with Crippen LogP contribution >= 0.6 is 15.9 Å². The van der Waals surface area contributed by atoms with Crippen molar-refractivity contribution >= 4 is 28.5 Å². The van der Waals surface area contributed by atoms with E-state index >= 15 is 0 Å². The fraction of sp³-hybridized carbons (Fsp3) is 0.429. The summed E-state index contributed by atoms with van der Waals surface area (Å²) in [7, 11) is -1.03. The van der Waals surface area contributed by atoms with Gasteiger partial charge in [-0.15, -0.1) is 0 Å². The zero-order chi connectivity index (χ0) is 19.6. The standard InChI is InChI=1S/C14H17BBrN3O2/c1-13(2)14(3,4)21-15(20-13)10-5-6-17-12(7-10)19-8-11(16)18-9-19/h5-9H,1-4H3/i5D,6D,7D,8D,9D. The van der Waals surface area contributed by atoms with E-state index in [9.17, 15) is 0 Å². The monoisotopic (exact) mass is 354 g/mol. The van der Waals surface area contributed by atoms with Crippen LogP contribution in [0.15, 0.2) is 35.3 Å². The molecule has 0 unspecified atom stereocenters. The highest BCUT2D eigenvalue weighted by molar-refractivity contribution is 9.10. The Kier molecular flexibility index (Phi) is 2.29. The predicted octanol–water partition coefficient (Wildman–Crippen LogP) is 2.33. The fourth-order valence-corrected chi connectivity index (χ4v) is 2.10. The lowest BCUT2D eigenvalue weighted by molar-refractivity contribution is 0.00578. The summed E-state index contributed by atoms with van der Waals surface area (Å²) in [6.07, 6.45) is -0.878. The average Bonchev–Trinajstić information content (AvgIpc) is 2.87. The number of nitrogens with zero attached hydrogens (tertiary/aromatic N) is 3. The van der Waals surface area contributed by atoms with Crippen LogP contribution in [-0.2, 0) is 9.31 Å². The zero-order valence-corrected chi connectivity index (χ0v) is 13.7. The van der Waals surface area contributed by atoms with Gasteiger partial charge in [0.05, 0.1) is 16.7 Å². The molecule has 0 aliphatic carbocycles.